The Balaban J connectivity index is 4.20. The van der Waals surface area contributed by atoms with Gasteiger partial charge in [-0.3, -0.25) is 0 Å². The summed E-state index contributed by atoms with van der Waals surface area (Å²) in [5.74, 6) is 0. The molecule has 0 nitrogen and oxygen atoms in total. The summed E-state index contributed by atoms with van der Waals surface area (Å²) in [7, 11) is -7.17. The van der Waals surface area contributed by atoms with Gasteiger partial charge in [-0.1, -0.05) is 158 Å². The Morgan fingerprint density at radius 3 is 0.475 bits per heavy atom. The normalized spacial score (nSPS) is 18.2. The molecule has 0 aromatic rings. The van der Waals surface area contributed by atoms with Crippen molar-refractivity contribution in [3.63, 3.8) is 0 Å². The summed E-state index contributed by atoms with van der Waals surface area (Å²) >= 11 is 0. The Kier molecular flexibility index (Phi) is 19.8. The van der Waals surface area contributed by atoms with Gasteiger partial charge in [0.1, 0.15) is 30.4 Å². The topological polar surface area (TPSA) is 0 Å². The third kappa shape index (κ3) is 10.0. The number of unbranched alkanes of at least 4 members (excludes halogenated alkanes) is 8. The maximum Gasteiger partial charge on any atom is 0.143 e. The van der Waals surface area contributed by atoms with E-state index >= 15 is 0 Å². The molecule has 1 rings (SSSR count). The van der Waals surface area contributed by atoms with E-state index in [-0.39, 0.29) is 0 Å². The molecular weight excluding hydrogens is 545 g/mol. The van der Waals surface area contributed by atoms with Crippen LogP contribution in [0, 0.1) is 22.2 Å². The second kappa shape index (κ2) is 20.8. The van der Waals surface area contributed by atoms with E-state index in [0.29, 0.717) is 0 Å². The summed E-state index contributed by atoms with van der Waals surface area (Å²) in [5.41, 5.74) is 18.7. The van der Waals surface area contributed by atoms with E-state index in [0.717, 1.165) is 0 Å². The third-order valence-corrected chi connectivity index (χ3v) is 45.3. The molecule has 0 aromatic carbocycles. The Morgan fingerprint density at radius 1 is 0.250 bits per heavy atom. The maximum absolute atomic E-state index is 4.67. The van der Waals surface area contributed by atoms with Gasteiger partial charge >= 0.3 is 0 Å². The number of rotatable bonds is 24. The maximum atomic E-state index is 4.67. The van der Waals surface area contributed by atoms with Crippen LogP contribution in [0.3, 0.4) is 0 Å². The largest absolute Gasteiger partial charge is 0.143 e. The van der Waals surface area contributed by atoms with E-state index in [9.17, 15) is 0 Å². The molecule has 0 aliphatic carbocycles. The van der Waals surface area contributed by atoms with Crippen molar-refractivity contribution in [2.75, 3.05) is 0 Å². The highest BCUT2D eigenvalue weighted by Crippen LogP contribution is 2.43. The van der Waals surface area contributed by atoms with Gasteiger partial charge in [0, 0.05) is 0 Å². The van der Waals surface area contributed by atoms with Crippen LogP contribution in [0.2, 0.25) is 48.4 Å². The minimum Gasteiger partial charge on any atom is -0.140 e. The van der Waals surface area contributed by atoms with Gasteiger partial charge in [-0.05, 0) is 48.4 Å². The first-order valence-electron chi connectivity index (χ1n) is 18.5. The van der Waals surface area contributed by atoms with E-state index in [1.54, 1.807) is 0 Å². The molecule has 0 amide bonds. The van der Waals surface area contributed by atoms with Crippen LogP contribution in [0.4, 0.5) is 0 Å². The molecule has 0 saturated carbocycles. The van der Waals surface area contributed by atoms with Gasteiger partial charge in [0.05, 0.1) is 0 Å². The van der Waals surface area contributed by atoms with Crippen LogP contribution >= 0.6 is 0 Å². The molecule has 4 heteroatoms. The van der Waals surface area contributed by atoms with Crippen LogP contribution in [0.1, 0.15) is 158 Å². The lowest BCUT2D eigenvalue weighted by Crippen LogP contribution is -2.67. The summed E-state index contributed by atoms with van der Waals surface area (Å²) in [4.78, 5) is 0. The van der Waals surface area contributed by atoms with E-state index in [2.05, 4.69) is 77.6 Å². The predicted octanol–water partition coefficient (Wildman–Crippen LogP) is 12.5. The van der Waals surface area contributed by atoms with Gasteiger partial charge in [0.2, 0.25) is 0 Å². The average Bonchev–Trinajstić information content (AvgIpc) is 2.98. The van der Waals surface area contributed by atoms with E-state index in [1.807, 2.05) is 0 Å². The van der Waals surface area contributed by atoms with Crippen LogP contribution in [0.15, 0.2) is 0 Å². The summed E-state index contributed by atoms with van der Waals surface area (Å²) < 4.78 is 0. The highest BCUT2D eigenvalue weighted by atomic mass is 29.3. The van der Waals surface area contributed by atoms with E-state index in [4.69, 9.17) is 0 Å². The Morgan fingerprint density at radius 2 is 0.375 bits per heavy atom. The van der Waals surface area contributed by atoms with Crippen LogP contribution in [-0.2, 0) is 0 Å². The smallest absolute Gasteiger partial charge is 0.140 e. The Hall–Kier alpha value is -0.0125. The van der Waals surface area contributed by atoms with Crippen molar-refractivity contribution < 1.29 is 0 Å². The lowest BCUT2D eigenvalue weighted by atomic mass is 10.4. The average molecular weight is 617 g/mol. The highest BCUT2D eigenvalue weighted by molar-refractivity contribution is 7.52. The van der Waals surface area contributed by atoms with Crippen LogP contribution < -0.4 is 0 Å². The molecule has 1 aliphatic heterocycles. The molecule has 0 unspecified atom stereocenters. The number of hydrogen-bond acceptors (Lipinski definition) is 0. The van der Waals surface area contributed by atoms with E-state index in [1.165, 1.54) is 151 Å². The SMILES string of the molecule is CCCC[Si]1(CCCC)C#C[Si](CCCC)(CCCC)[Si](CCCC)(CCCC)C#C[Si]1(CCCC)CCCC. The molecule has 0 atom stereocenters. The molecule has 40 heavy (non-hydrogen) atoms. The molecule has 0 spiro atoms. The van der Waals surface area contributed by atoms with Crippen molar-refractivity contribution in [2.24, 2.45) is 0 Å². The fourth-order valence-corrected chi connectivity index (χ4v) is 46.8. The van der Waals surface area contributed by atoms with Gasteiger partial charge in [0.15, 0.2) is 0 Å². The zero-order valence-electron chi connectivity index (χ0n) is 29.0. The van der Waals surface area contributed by atoms with Gasteiger partial charge in [-0.15, -0.1) is 22.2 Å². The molecule has 0 N–H and O–H groups in total. The predicted molar refractivity (Wildman–Crippen MR) is 196 cm³/mol. The minimum atomic E-state index is -1.79. The zero-order chi connectivity index (χ0) is 29.8. The van der Waals surface area contributed by atoms with Crippen molar-refractivity contribution in [2.45, 2.75) is 206 Å². The molecule has 0 radical (unpaired) electrons. The van der Waals surface area contributed by atoms with E-state index < -0.39 is 30.4 Å². The molecule has 1 aliphatic rings. The highest BCUT2D eigenvalue weighted by Gasteiger charge is 2.57. The molecule has 1 heterocycles. The monoisotopic (exact) mass is 616 g/mol. The summed E-state index contributed by atoms with van der Waals surface area (Å²) in [5, 5.41) is 0. The summed E-state index contributed by atoms with van der Waals surface area (Å²) in [6.45, 7) is 19.4. The zero-order valence-corrected chi connectivity index (χ0v) is 33.0. The standard InChI is InChI=1S/C36H72Si4/c1-9-17-25-37(26-18-10-2)33-34-39(29-21-13-5,30-22-14-6)40(31-23-15-7,32-24-16-8)36-35-38(37,27-19-11-3)28-20-12-4/h9-32H2,1-8H3. The van der Waals surface area contributed by atoms with Gasteiger partial charge in [-0.2, -0.15) is 0 Å². The van der Waals surface area contributed by atoms with Crippen LogP contribution in [0.25, 0.3) is 0 Å². The fourth-order valence-electron chi connectivity index (χ4n) is 7.70. The lowest BCUT2D eigenvalue weighted by molar-refractivity contribution is 0.821. The van der Waals surface area contributed by atoms with Crippen molar-refractivity contribution in [1.82, 2.24) is 0 Å². The summed E-state index contributed by atoms with van der Waals surface area (Å²) in [6.07, 6.45) is 22.0. The lowest BCUT2D eigenvalue weighted by Gasteiger charge is -2.47. The van der Waals surface area contributed by atoms with Crippen molar-refractivity contribution in [1.29, 1.82) is 0 Å². The first-order valence-corrected chi connectivity index (χ1v) is 30.1. The van der Waals surface area contributed by atoms with Crippen molar-refractivity contribution in [3.8, 4) is 22.2 Å². The first-order chi connectivity index (χ1) is 19.4. The fraction of sp³-hybridized carbons (Fsp3) is 0.889. The molecule has 232 valence electrons. The minimum absolute atomic E-state index is 1.34. The molecule has 0 bridgehead atoms. The summed E-state index contributed by atoms with van der Waals surface area (Å²) in [6, 6.07) is 11.9. The Labute approximate surface area is 258 Å². The molecule has 0 aromatic heterocycles. The first kappa shape index (κ1) is 38.0. The quantitative estimate of drug-likeness (QED) is 0.0747. The van der Waals surface area contributed by atoms with Crippen LogP contribution in [0.5, 0.6) is 0 Å². The second-order valence-corrected chi connectivity index (χ2v) is 38.8. The Bertz CT molecular complexity index is 622. The number of hydrogen-bond donors (Lipinski definition) is 0. The molecular formula is C36H72Si4. The molecule has 0 fully saturated rings. The molecule has 0 saturated heterocycles. The van der Waals surface area contributed by atoms with Crippen molar-refractivity contribution >= 4 is 30.4 Å². The van der Waals surface area contributed by atoms with Crippen LogP contribution in [-0.4, -0.2) is 30.4 Å². The van der Waals surface area contributed by atoms with Crippen molar-refractivity contribution in [3.05, 3.63) is 0 Å². The second-order valence-electron chi connectivity index (χ2n) is 13.7. The van der Waals surface area contributed by atoms with Gasteiger partial charge < -0.3 is 0 Å². The van der Waals surface area contributed by atoms with Gasteiger partial charge in [0.25, 0.3) is 0 Å². The van der Waals surface area contributed by atoms with Gasteiger partial charge in [-0.25, -0.2) is 0 Å². The third-order valence-electron chi connectivity index (χ3n) is 10.6.